The number of pyridine rings is 1. The monoisotopic (exact) mass is 331 g/mol. The van der Waals surface area contributed by atoms with Crippen molar-refractivity contribution in [3.05, 3.63) is 65.8 Å². The Kier molecular flexibility index (Phi) is 3.53. The van der Waals surface area contributed by atoms with Crippen molar-refractivity contribution in [3.63, 3.8) is 0 Å². The van der Waals surface area contributed by atoms with Crippen LogP contribution < -0.4 is 5.32 Å². The predicted molar refractivity (Wildman–Crippen MR) is 83.2 cm³/mol. The summed E-state index contributed by atoms with van der Waals surface area (Å²) in [5.41, 5.74) is -0.329. The standard InChI is InChI=1S/C15H13N3O4S/c1-18-13(15(20)17-12-8-4-5-9-16-12)14(19)10-6-2-3-7-11(10)23(18,21)22/h2-9,20H,1H3,(H,16,17). The summed E-state index contributed by atoms with van der Waals surface area (Å²) in [6.07, 6.45) is 1.50. The maximum absolute atomic E-state index is 12.6. The number of carbonyl (C=O) groups is 1. The molecule has 1 aromatic heterocycles. The number of rotatable bonds is 2. The van der Waals surface area contributed by atoms with Crippen LogP contribution in [0.15, 0.2) is 65.1 Å². The number of fused-ring (bicyclic) bond motifs is 1. The van der Waals surface area contributed by atoms with Gasteiger partial charge in [-0.3, -0.25) is 9.10 Å². The predicted octanol–water partition coefficient (Wildman–Crippen LogP) is 1.74. The van der Waals surface area contributed by atoms with Crippen LogP contribution in [0.3, 0.4) is 0 Å². The Morgan fingerprint density at radius 3 is 2.57 bits per heavy atom. The Morgan fingerprint density at radius 2 is 1.87 bits per heavy atom. The smallest absolute Gasteiger partial charge is 0.265 e. The van der Waals surface area contributed by atoms with Gasteiger partial charge in [0.2, 0.25) is 11.7 Å². The molecule has 0 amide bonds. The molecule has 7 nitrogen and oxygen atoms in total. The fraction of sp³-hybridized carbons (Fsp3) is 0.0667. The van der Waals surface area contributed by atoms with Crippen LogP contribution in [-0.2, 0) is 10.0 Å². The quantitative estimate of drug-likeness (QED) is 0.642. The number of aromatic nitrogens is 1. The molecule has 8 heteroatoms. The van der Waals surface area contributed by atoms with Crippen molar-refractivity contribution in [1.29, 1.82) is 0 Å². The van der Waals surface area contributed by atoms with Gasteiger partial charge >= 0.3 is 0 Å². The summed E-state index contributed by atoms with van der Waals surface area (Å²) in [5, 5.41) is 12.8. The van der Waals surface area contributed by atoms with Crippen molar-refractivity contribution in [3.8, 4) is 0 Å². The average Bonchev–Trinajstić information content (AvgIpc) is 2.54. The van der Waals surface area contributed by atoms with E-state index in [4.69, 9.17) is 0 Å². The molecule has 0 atom stereocenters. The second kappa shape index (κ2) is 5.40. The van der Waals surface area contributed by atoms with Crippen LogP contribution in [0.1, 0.15) is 10.4 Å². The van der Waals surface area contributed by atoms with E-state index in [-0.39, 0.29) is 22.0 Å². The summed E-state index contributed by atoms with van der Waals surface area (Å²) in [5.74, 6) is -0.872. The number of aliphatic hydroxyl groups is 1. The number of ketones is 1. The number of anilines is 1. The number of hydrogen-bond acceptors (Lipinski definition) is 6. The van der Waals surface area contributed by atoms with Gasteiger partial charge in [-0.1, -0.05) is 18.2 Å². The Hall–Kier alpha value is -2.87. The Labute approximate surface area is 132 Å². The van der Waals surface area contributed by atoms with Gasteiger partial charge in [0.15, 0.2) is 5.70 Å². The van der Waals surface area contributed by atoms with E-state index in [1.54, 1.807) is 24.3 Å². The van der Waals surface area contributed by atoms with E-state index in [0.717, 1.165) is 4.31 Å². The molecule has 0 unspecified atom stereocenters. The first-order chi connectivity index (χ1) is 10.9. The minimum atomic E-state index is -3.91. The number of nitrogens with zero attached hydrogens (tertiary/aromatic N) is 2. The lowest BCUT2D eigenvalue weighted by atomic mass is 10.1. The molecule has 2 heterocycles. The average molecular weight is 331 g/mol. The van der Waals surface area contributed by atoms with Crippen molar-refractivity contribution >= 4 is 21.6 Å². The second-order valence-corrected chi connectivity index (χ2v) is 6.77. The molecule has 0 radical (unpaired) electrons. The summed E-state index contributed by atoms with van der Waals surface area (Å²) in [4.78, 5) is 16.4. The number of aliphatic hydroxyl groups excluding tert-OH is 1. The van der Waals surface area contributed by atoms with Gasteiger partial charge in [-0.2, -0.15) is 0 Å². The molecule has 0 saturated heterocycles. The largest absolute Gasteiger partial charge is 0.493 e. The van der Waals surface area contributed by atoms with Gasteiger partial charge in [0.05, 0.1) is 4.90 Å². The third kappa shape index (κ3) is 2.42. The zero-order valence-corrected chi connectivity index (χ0v) is 12.9. The van der Waals surface area contributed by atoms with Gasteiger partial charge in [0, 0.05) is 18.8 Å². The highest BCUT2D eigenvalue weighted by Crippen LogP contribution is 2.31. The first-order valence-corrected chi connectivity index (χ1v) is 8.11. The molecule has 0 aliphatic carbocycles. The summed E-state index contributed by atoms with van der Waals surface area (Å²) in [6.45, 7) is 0. The molecule has 1 aromatic carbocycles. The van der Waals surface area contributed by atoms with Crippen molar-refractivity contribution in [1.82, 2.24) is 9.29 Å². The first kappa shape index (κ1) is 15.0. The van der Waals surface area contributed by atoms with Gasteiger partial charge in [-0.15, -0.1) is 0 Å². The summed E-state index contributed by atoms with van der Waals surface area (Å²) in [7, 11) is -2.69. The molecule has 0 spiro atoms. The van der Waals surface area contributed by atoms with Crippen LogP contribution >= 0.6 is 0 Å². The normalized spacial score (nSPS) is 18.3. The lowest BCUT2D eigenvalue weighted by Crippen LogP contribution is -2.38. The minimum absolute atomic E-state index is 0.0231. The van der Waals surface area contributed by atoms with Crippen LogP contribution in [0.4, 0.5) is 5.82 Å². The Bertz CT molecular complexity index is 907. The number of benzene rings is 1. The summed E-state index contributed by atoms with van der Waals surface area (Å²) in [6, 6.07) is 10.8. The number of allylic oxidation sites excluding steroid dienone is 1. The van der Waals surface area contributed by atoms with Crippen LogP contribution in [0.25, 0.3) is 0 Å². The number of nitrogens with one attached hydrogen (secondary N) is 1. The maximum atomic E-state index is 12.6. The highest BCUT2D eigenvalue weighted by Gasteiger charge is 2.39. The topological polar surface area (TPSA) is 99.6 Å². The van der Waals surface area contributed by atoms with E-state index in [1.165, 1.54) is 31.4 Å². The van der Waals surface area contributed by atoms with E-state index in [1.807, 2.05) is 0 Å². The lowest BCUT2D eigenvalue weighted by Gasteiger charge is -2.28. The molecular formula is C15H13N3O4S. The SMILES string of the molecule is CN1C(=C(O)Nc2ccccn2)C(=O)c2ccccc2S1(=O)=O. The molecule has 1 aliphatic heterocycles. The maximum Gasteiger partial charge on any atom is 0.265 e. The molecule has 0 fully saturated rings. The van der Waals surface area contributed by atoms with Crippen LogP contribution in [0.2, 0.25) is 0 Å². The van der Waals surface area contributed by atoms with E-state index >= 15 is 0 Å². The Balaban J connectivity index is 2.13. The highest BCUT2D eigenvalue weighted by atomic mass is 32.2. The number of carbonyl (C=O) groups excluding carboxylic acids is 1. The third-order valence-corrected chi connectivity index (χ3v) is 5.25. The molecule has 2 N–H and O–H groups in total. The zero-order chi connectivity index (χ0) is 16.6. The van der Waals surface area contributed by atoms with Crippen LogP contribution in [0, 0.1) is 0 Å². The Morgan fingerprint density at radius 1 is 1.17 bits per heavy atom. The number of sulfonamides is 1. The lowest BCUT2D eigenvalue weighted by molar-refractivity contribution is 0.0997. The highest BCUT2D eigenvalue weighted by molar-refractivity contribution is 7.89. The third-order valence-electron chi connectivity index (χ3n) is 3.44. The van der Waals surface area contributed by atoms with Gasteiger partial charge in [0.25, 0.3) is 10.0 Å². The molecule has 0 bridgehead atoms. The van der Waals surface area contributed by atoms with Gasteiger partial charge in [-0.05, 0) is 24.3 Å². The van der Waals surface area contributed by atoms with E-state index in [0.29, 0.717) is 0 Å². The van der Waals surface area contributed by atoms with E-state index in [9.17, 15) is 18.3 Å². The van der Waals surface area contributed by atoms with Gasteiger partial charge < -0.3 is 10.4 Å². The van der Waals surface area contributed by atoms with Crippen molar-refractivity contribution in [2.45, 2.75) is 4.90 Å². The second-order valence-electron chi connectivity index (χ2n) is 4.84. The zero-order valence-electron chi connectivity index (χ0n) is 12.1. The van der Waals surface area contributed by atoms with Crippen LogP contribution in [-0.4, -0.2) is 35.6 Å². The molecule has 2 aromatic rings. The molecule has 23 heavy (non-hydrogen) atoms. The van der Waals surface area contributed by atoms with Crippen LogP contribution in [0.5, 0.6) is 0 Å². The molecule has 3 rings (SSSR count). The number of hydrogen-bond donors (Lipinski definition) is 2. The van der Waals surface area contributed by atoms with Crippen molar-refractivity contribution in [2.75, 3.05) is 12.4 Å². The van der Waals surface area contributed by atoms with E-state index < -0.39 is 21.7 Å². The minimum Gasteiger partial charge on any atom is -0.493 e. The molecule has 1 aliphatic rings. The number of Topliss-reactive ketones (excluding diaryl/α,β-unsaturated/α-hetero) is 1. The first-order valence-electron chi connectivity index (χ1n) is 6.67. The summed E-state index contributed by atoms with van der Waals surface area (Å²) < 4.78 is 25.8. The molecule has 0 saturated carbocycles. The van der Waals surface area contributed by atoms with Gasteiger partial charge in [0.1, 0.15) is 5.82 Å². The number of likely N-dealkylation sites (N-methyl/N-ethyl adjacent to an activating group) is 1. The fourth-order valence-corrected chi connectivity index (χ4v) is 3.69. The summed E-state index contributed by atoms with van der Waals surface area (Å²) >= 11 is 0. The molecule has 118 valence electrons. The van der Waals surface area contributed by atoms with Gasteiger partial charge in [-0.25, -0.2) is 13.4 Å². The van der Waals surface area contributed by atoms with Crippen molar-refractivity contribution in [2.24, 2.45) is 0 Å². The van der Waals surface area contributed by atoms with E-state index in [2.05, 4.69) is 10.3 Å². The van der Waals surface area contributed by atoms with Crippen molar-refractivity contribution < 1.29 is 18.3 Å². The fourth-order valence-electron chi connectivity index (χ4n) is 2.29. The molecular weight excluding hydrogens is 318 g/mol.